The molecule has 0 aliphatic carbocycles. The molecule has 5 heteroatoms. The molecule has 1 aromatic heterocycles. The first-order valence-electron chi connectivity index (χ1n) is 8.01. The minimum Gasteiger partial charge on any atom is -0.294 e. The van der Waals surface area contributed by atoms with Crippen LogP contribution in [-0.4, -0.2) is 40.0 Å². The second-order valence-electron chi connectivity index (χ2n) is 6.47. The number of fused-ring (bicyclic) bond motifs is 2. The minimum absolute atomic E-state index is 0.196. The molecule has 5 rings (SSSR count). The molecule has 0 spiro atoms. The van der Waals surface area contributed by atoms with Crippen LogP contribution in [0, 0.1) is 5.82 Å². The summed E-state index contributed by atoms with van der Waals surface area (Å²) in [5, 5.41) is 0. The van der Waals surface area contributed by atoms with Crippen LogP contribution in [0.25, 0.3) is 0 Å². The van der Waals surface area contributed by atoms with E-state index in [-0.39, 0.29) is 5.82 Å². The van der Waals surface area contributed by atoms with E-state index in [0.717, 1.165) is 24.1 Å². The van der Waals surface area contributed by atoms with Gasteiger partial charge < -0.3 is 0 Å². The van der Waals surface area contributed by atoms with Gasteiger partial charge in [-0.15, -0.1) is 0 Å². The molecule has 2 atom stereocenters. The van der Waals surface area contributed by atoms with Crippen LogP contribution in [0.3, 0.4) is 0 Å². The summed E-state index contributed by atoms with van der Waals surface area (Å²) in [6, 6.07) is 12.9. The quantitative estimate of drug-likeness (QED) is 0.815. The number of pyridine rings is 1. The van der Waals surface area contributed by atoms with Gasteiger partial charge >= 0.3 is 0 Å². The first-order chi connectivity index (χ1) is 11.2. The van der Waals surface area contributed by atoms with Gasteiger partial charge in [0.15, 0.2) is 0 Å². The SMILES string of the molecule is Fc1cccnc1CN1CC2CC(C1)N2Cc1ccc(Br)cc1. The second kappa shape index (κ2) is 6.30. The van der Waals surface area contributed by atoms with Gasteiger partial charge in [-0.25, -0.2) is 4.39 Å². The lowest BCUT2D eigenvalue weighted by Gasteiger charge is -2.56. The first-order valence-corrected chi connectivity index (χ1v) is 8.80. The van der Waals surface area contributed by atoms with E-state index in [4.69, 9.17) is 0 Å². The third-order valence-corrected chi connectivity index (χ3v) is 5.44. The molecular weight excluding hydrogens is 357 g/mol. The molecule has 0 N–H and O–H groups in total. The van der Waals surface area contributed by atoms with Crippen molar-refractivity contribution < 1.29 is 4.39 Å². The van der Waals surface area contributed by atoms with Crippen molar-refractivity contribution in [2.75, 3.05) is 13.1 Å². The van der Waals surface area contributed by atoms with Gasteiger partial charge in [0, 0.05) is 48.9 Å². The van der Waals surface area contributed by atoms with Crippen molar-refractivity contribution >= 4 is 15.9 Å². The molecular formula is C18H19BrFN3. The van der Waals surface area contributed by atoms with Gasteiger partial charge in [0.25, 0.3) is 0 Å². The van der Waals surface area contributed by atoms with Crippen LogP contribution in [0.4, 0.5) is 4.39 Å². The smallest absolute Gasteiger partial charge is 0.146 e. The summed E-state index contributed by atoms with van der Waals surface area (Å²) in [7, 11) is 0. The molecule has 120 valence electrons. The monoisotopic (exact) mass is 375 g/mol. The Kier molecular flexibility index (Phi) is 4.18. The van der Waals surface area contributed by atoms with Crippen LogP contribution < -0.4 is 0 Å². The van der Waals surface area contributed by atoms with Crippen molar-refractivity contribution in [1.29, 1.82) is 0 Å². The van der Waals surface area contributed by atoms with Crippen LogP contribution in [0.2, 0.25) is 0 Å². The summed E-state index contributed by atoms with van der Waals surface area (Å²) in [6.45, 7) is 3.63. The van der Waals surface area contributed by atoms with Crippen LogP contribution in [0.5, 0.6) is 0 Å². The number of benzene rings is 1. The zero-order chi connectivity index (χ0) is 15.8. The molecule has 2 aromatic rings. The van der Waals surface area contributed by atoms with Crippen LogP contribution in [0.15, 0.2) is 47.1 Å². The number of hydrogen-bond acceptors (Lipinski definition) is 3. The van der Waals surface area contributed by atoms with Gasteiger partial charge in [-0.2, -0.15) is 0 Å². The summed E-state index contributed by atoms with van der Waals surface area (Å²) < 4.78 is 14.9. The normalized spacial score (nSPS) is 24.4. The van der Waals surface area contributed by atoms with Crippen molar-refractivity contribution in [3.8, 4) is 0 Å². The highest BCUT2D eigenvalue weighted by atomic mass is 79.9. The molecule has 0 amide bonds. The van der Waals surface area contributed by atoms with Crippen LogP contribution in [0.1, 0.15) is 17.7 Å². The maximum Gasteiger partial charge on any atom is 0.146 e. The average Bonchev–Trinajstić information content (AvgIpc) is 2.56. The van der Waals surface area contributed by atoms with Gasteiger partial charge in [0.2, 0.25) is 0 Å². The summed E-state index contributed by atoms with van der Waals surface area (Å²) in [5.74, 6) is -0.196. The van der Waals surface area contributed by atoms with Gasteiger partial charge in [0.1, 0.15) is 5.82 Å². The number of hydrogen-bond donors (Lipinski definition) is 0. The Morgan fingerprint density at radius 1 is 1.09 bits per heavy atom. The van der Waals surface area contributed by atoms with E-state index in [2.05, 4.69) is 55.0 Å². The molecule has 2 bridgehead atoms. The molecule has 3 nitrogen and oxygen atoms in total. The Hall–Kier alpha value is -1.30. The Bertz CT molecular complexity index is 679. The van der Waals surface area contributed by atoms with E-state index in [1.54, 1.807) is 12.3 Å². The lowest BCUT2D eigenvalue weighted by atomic mass is 9.86. The third-order valence-electron chi connectivity index (χ3n) is 4.91. The third kappa shape index (κ3) is 3.18. The van der Waals surface area contributed by atoms with Crippen LogP contribution >= 0.6 is 15.9 Å². The van der Waals surface area contributed by atoms with Crippen molar-refractivity contribution in [3.05, 3.63) is 64.1 Å². The minimum atomic E-state index is -0.196. The Labute approximate surface area is 144 Å². The Balaban J connectivity index is 1.37. The highest BCUT2D eigenvalue weighted by molar-refractivity contribution is 9.10. The van der Waals surface area contributed by atoms with Gasteiger partial charge in [-0.1, -0.05) is 28.1 Å². The molecule has 3 aliphatic heterocycles. The van der Waals surface area contributed by atoms with Crippen molar-refractivity contribution in [2.45, 2.75) is 31.6 Å². The molecule has 0 radical (unpaired) electrons. The number of piperazine rings is 1. The van der Waals surface area contributed by atoms with Gasteiger partial charge in [-0.05, 0) is 36.2 Å². The number of piperidine rings is 1. The zero-order valence-electron chi connectivity index (χ0n) is 12.8. The maximum atomic E-state index is 13.7. The maximum absolute atomic E-state index is 13.7. The van der Waals surface area contributed by atoms with Gasteiger partial charge in [0.05, 0.1) is 5.69 Å². The predicted octanol–water partition coefficient (Wildman–Crippen LogP) is 3.44. The molecule has 1 aromatic carbocycles. The van der Waals surface area contributed by atoms with Gasteiger partial charge in [-0.3, -0.25) is 14.8 Å². The standard InChI is InChI=1S/C18H19BrFN3/c19-14-5-3-13(4-6-14)9-23-15-8-16(23)11-22(10-15)12-18-17(20)2-1-7-21-18/h1-7,15-16H,8-12H2. The van der Waals surface area contributed by atoms with Crippen molar-refractivity contribution in [3.63, 3.8) is 0 Å². The molecule has 3 saturated heterocycles. The molecule has 4 heterocycles. The number of aromatic nitrogens is 1. The molecule has 3 aliphatic rings. The average molecular weight is 376 g/mol. The van der Waals surface area contributed by atoms with Crippen LogP contribution in [-0.2, 0) is 13.1 Å². The van der Waals surface area contributed by atoms with Crippen molar-refractivity contribution in [2.24, 2.45) is 0 Å². The number of nitrogens with zero attached hydrogens (tertiary/aromatic N) is 3. The number of halogens is 2. The predicted molar refractivity (Wildman–Crippen MR) is 91.4 cm³/mol. The Morgan fingerprint density at radius 2 is 1.83 bits per heavy atom. The molecule has 0 saturated carbocycles. The molecule has 2 unspecified atom stereocenters. The first kappa shape index (κ1) is 15.2. The topological polar surface area (TPSA) is 19.4 Å². The van der Waals surface area contributed by atoms with E-state index < -0.39 is 0 Å². The zero-order valence-corrected chi connectivity index (χ0v) is 14.4. The van der Waals surface area contributed by atoms with E-state index in [1.165, 1.54) is 18.1 Å². The summed E-state index contributed by atoms with van der Waals surface area (Å²) >= 11 is 3.48. The molecule has 23 heavy (non-hydrogen) atoms. The van der Waals surface area contributed by atoms with E-state index >= 15 is 0 Å². The molecule has 3 fully saturated rings. The summed E-state index contributed by atoms with van der Waals surface area (Å²) in [4.78, 5) is 9.09. The Morgan fingerprint density at radius 3 is 2.52 bits per heavy atom. The van der Waals surface area contributed by atoms with E-state index in [0.29, 0.717) is 24.3 Å². The summed E-state index contributed by atoms with van der Waals surface area (Å²) in [6.07, 6.45) is 2.93. The number of rotatable bonds is 4. The summed E-state index contributed by atoms with van der Waals surface area (Å²) in [5.41, 5.74) is 1.92. The second-order valence-corrected chi connectivity index (χ2v) is 7.38. The fraction of sp³-hybridized carbons (Fsp3) is 0.389. The largest absolute Gasteiger partial charge is 0.294 e. The van der Waals surface area contributed by atoms with E-state index in [9.17, 15) is 4.39 Å². The lowest BCUT2D eigenvalue weighted by molar-refractivity contribution is -0.0779. The fourth-order valence-electron chi connectivity index (χ4n) is 3.71. The highest BCUT2D eigenvalue weighted by Gasteiger charge is 2.44. The van der Waals surface area contributed by atoms with E-state index in [1.807, 2.05) is 0 Å². The highest BCUT2D eigenvalue weighted by Crippen LogP contribution is 2.34. The van der Waals surface area contributed by atoms with Crippen molar-refractivity contribution in [1.82, 2.24) is 14.8 Å². The fourth-order valence-corrected chi connectivity index (χ4v) is 3.97. The lowest BCUT2D eigenvalue weighted by Crippen LogP contribution is -2.67.